The molecule has 14 aliphatic carbocycles. The third kappa shape index (κ3) is 0.278. The van der Waals surface area contributed by atoms with Crippen molar-refractivity contribution in [2.45, 2.75) is 37.0 Å². The molecule has 21 unspecified atom stereocenters. The summed E-state index contributed by atoms with van der Waals surface area (Å²) < 4.78 is 0. The van der Waals surface area contributed by atoms with Crippen LogP contribution in [0.15, 0.2) is 0 Å². The summed E-state index contributed by atoms with van der Waals surface area (Å²) in [6, 6.07) is 0. The zero-order valence-corrected chi connectivity index (χ0v) is 15.3. The number of fused-ring (bicyclic) bond motifs is 7. The second kappa shape index (κ2) is 1.68. The van der Waals surface area contributed by atoms with Crippen LogP contribution in [0.4, 0.5) is 0 Å². The first-order chi connectivity index (χ1) is 12.4. The SMILES string of the molecule is C1C2PC3C4C5CC6C7CC8C9C%10C%11CC%12C1C21C%12%11C%102C31C41C65C78C921. The smallest absolute Gasteiger partial charge is 0.00164 e. The largest absolute Gasteiger partial charge is 0.114 e. The lowest BCUT2D eigenvalue weighted by atomic mass is 8.63. The van der Waals surface area contributed by atoms with Crippen LogP contribution in [0.2, 0.25) is 0 Å². The Morgan fingerprint density at radius 3 is 1.72 bits per heavy atom. The highest BCUT2D eigenvalue weighted by molar-refractivity contribution is 7.41. The predicted molar refractivity (Wildman–Crippen MR) is 88.7 cm³/mol. The van der Waals surface area contributed by atoms with Crippen molar-refractivity contribution >= 4 is 8.58 Å². The molecule has 15 fully saturated rings. The lowest BCUT2D eigenvalue weighted by Crippen LogP contribution is -3.38. The third-order valence-electron chi connectivity index (χ3n) is 18.5. The van der Waals surface area contributed by atoms with Crippen LogP contribution in [0.5, 0.6) is 0 Å². The van der Waals surface area contributed by atoms with Crippen molar-refractivity contribution in [3.8, 4) is 0 Å². The minimum absolute atomic E-state index is 1.08. The summed E-state index contributed by atoms with van der Waals surface area (Å²) in [6.07, 6.45) is 7.04. The highest BCUT2D eigenvalue weighted by Crippen LogP contribution is 3.42. The van der Waals surface area contributed by atoms with E-state index in [0.717, 1.165) is 43.3 Å². The quantitative estimate of drug-likeness (QED) is 0.594. The molecule has 1 saturated heterocycles. The standard InChI is InChI=1S/C24H21P/c1-5-6-3-11-15-16-24-20-8(4-12(20)25-16)7-2-10-14-13-9(1)17(5)18(6,11)23(15,24)21(13,17)22(14,24)19(7,10)20/h5-16,25H,1-4H2. The van der Waals surface area contributed by atoms with Crippen molar-refractivity contribution in [2.75, 3.05) is 0 Å². The maximum Gasteiger partial charge on any atom is -0.00164 e. The first-order valence-electron chi connectivity index (χ1n) is 12.1. The van der Waals surface area contributed by atoms with Crippen molar-refractivity contribution in [3.05, 3.63) is 0 Å². The molecule has 21 atom stereocenters. The summed E-state index contributed by atoms with van der Waals surface area (Å²) in [7, 11) is 1.49. The number of hydrogen-bond donors (Lipinski definition) is 0. The van der Waals surface area contributed by atoms with Gasteiger partial charge in [-0.2, -0.15) is 0 Å². The van der Waals surface area contributed by atoms with Gasteiger partial charge in [-0.25, -0.2) is 0 Å². The molecule has 14 saturated carbocycles. The van der Waals surface area contributed by atoms with Crippen LogP contribution < -0.4 is 0 Å². The van der Waals surface area contributed by atoms with Gasteiger partial charge in [0.05, 0.1) is 0 Å². The van der Waals surface area contributed by atoms with Crippen LogP contribution in [0.3, 0.4) is 0 Å². The van der Waals surface area contributed by atoms with E-state index in [-0.39, 0.29) is 0 Å². The molecule has 15 aliphatic rings. The molecule has 1 heteroatoms. The van der Waals surface area contributed by atoms with Crippen molar-refractivity contribution in [2.24, 2.45) is 102 Å². The molecule has 8 spiro atoms. The van der Waals surface area contributed by atoms with Crippen molar-refractivity contribution in [1.29, 1.82) is 0 Å². The second-order valence-corrected chi connectivity index (χ2v) is 16.3. The number of rotatable bonds is 0. The van der Waals surface area contributed by atoms with E-state index in [1.165, 1.54) is 79.1 Å². The maximum atomic E-state index is 1.76. The first-order valence-corrected chi connectivity index (χ1v) is 13.3. The molecule has 0 N–H and O–H groups in total. The van der Waals surface area contributed by atoms with Gasteiger partial charge in [-0.15, -0.1) is 8.58 Å². The molecule has 1 aliphatic heterocycles. The van der Waals surface area contributed by atoms with E-state index in [4.69, 9.17) is 0 Å². The van der Waals surface area contributed by atoms with E-state index < -0.39 is 0 Å². The molecule has 1 heterocycles. The van der Waals surface area contributed by atoms with Gasteiger partial charge in [0.2, 0.25) is 0 Å². The van der Waals surface area contributed by atoms with Gasteiger partial charge in [0, 0.05) is 0 Å². The van der Waals surface area contributed by atoms with E-state index in [9.17, 15) is 0 Å². The third-order valence-corrected chi connectivity index (χ3v) is 20.7. The summed E-state index contributed by atoms with van der Waals surface area (Å²) in [5.41, 5.74) is 11.5. The molecule has 0 radical (unpaired) electrons. The molecular weight excluding hydrogens is 319 g/mol. The van der Waals surface area contributed by atoms with Gasteiger partial charge in [0.15, 0.2) is 0 Å². The van der Waals surface area contributed by atoms with Gasteiger partial charge < -0.3 is 0 Å². The monoisotopic (exact) mass is 340 g/mol. The van der Waals surface area contributed by atoms with Gasteiger partial charge in [0.1, 0.15) is 0 Å². The highest BCUT2D eigenvalue weighted by Gasteiger charge is 3.40. The molecule has 25 heavy (non-hydrogen) atoms. The fraction of sp³-hybridized carbons (Fsp3) is 1.00. The zero-order valence-electron chi connectivity index (χ0n) is 14.3. The Kier molecular flexibility index (Phi) is 0.655. The highest BCUT2D eigenvalue weighted by atomic mass is 31.1. The van der Waals surface area contributed by atoms with Crippen LogP contribution >= 0.6 is 8.58 Å². The fourth-order valence-corrected chi connectivity index (χ4v) is 25.2. The average Bonchev–Trinajstić information content (AvgIpc) is 2.70. The van der Waals surface area contributed by atoms with Crippen LogP contribution in [0.25, 0.3) is 0 Å². The van der Waals surface area contributed by atoms with Gasteiger partial charge in [-0.1, -0.05) is 0 Å². The second-order valence-electron chi connectivity index (χ2n) is 14.7. The van der Waals surface area contributed by atoms with Gasteiger partial charge in [-0.05, 0) is 140 Å². The molecule has 0 aromatic carbocycles. The topological polar surface area (TPSA) is 0 Å². The summed E-state index contributed by atoms with van der Waals surface area (Å²) in [6.45, 7) is 0. The Balaban J connectivity index is 1.23. The Bertz CT molecular complexity index is 1140. The first kappa shape index (κ1) is 9.76. The Hall–Kier alpha value is 0.430. The van der Waals surface area contributed by atoms with Crippen molar-refractivity contribution in [1.82, 2.24) is 0 Å². The molecule has 15 rings (SSSR count). The molecular formula is C24H21P. The molecule has 0 nitrogen and oxygen atoms in total. The van der Waals surface area contributed by atoms with Crippen LogP contribution in [-0.4, -0.2) is 11.3 Å². The van der Waals surface area contributed by atoms with E-state index in [1.54, 1.807) is 25.7 Å². The Morgan fingerprint density at radius 1 is 0.480 bits per heavy atom. The van der Waals surface area contributed by atoms with E-state index in [1.807, 2.05) is 0 Å². The number of hydrogen-bond acceptors (Lipinski definition) is 0. The van der Waals surface area contributed by atoms with Gasteiger partial charge in [0.25, 0.3) is 0 Å². The minimum atomic E-state index is 1.08. The van der Waals surface area contributed by atoms with Crippen molar-refractivity contribution in [3.63, 3.8) is 0 Å². The van der Waals surface area contributed by atoms with Gasteiger partial charge >= 0.3 is 0 Å². The fourth-order valence-electron chi connectivity index (χ4n) is 21.8. The predicted octanol–water partition coefficient (Wildman–Crippen LogP) is 3.22. The minimum Gasteiger partial charge on any atom is -0.114 e. The molecule has 0 bridgehead atoms. The Labute approximate surface area is 148 Å². The summed E-state index contributed by atoms with van der Waals surface area (Å²) in [5.74, 6) is 13.4. The Morgan fingerprint density at radius 2 is 1.00 bits per heavy atom. The zero-order chi connectivity index (χ0) is 14.5. The van der Waals surface area contributed by atoms with Crippen LogP contribution in [0, 0.1) is 102 Å². The van der Waals surface area contributed by atoms with Crippen LogP contribution in [-0.2, 0) is 0 Å². The molecule has 0 amide bonds. The maximum absolute atomic E-state index is 1.76. The average molecular weight is 340 g/mol. The normalized spacial score (nSPS) is 119. The summed E-state index contributed by atoms with van der Waals surface area (Å²) >= 11 is 0. The van der Waals surface area contributed by atoms with Crippen molar-refractivity contribution < 1.29 is 0 Å². The van der Waals surface area contributed by atoms with Gasteiger partial charge in [-0.3, -0.25) is 0 Å². The molecule has 122 valence electrons. The lowest BCUT2D eigenvalue weighted by Gasteiger charge is -3.39. The molecule has 0 aromatic heterocycles. The van der Waals surface area contributed by atoms with E-state index >= 15 is 0 Å². The lowest BCUT2D eigenvalue weighted by molar-refractivity contribution is -0.937. The van der Waals surface area contributed by atoms with Crippen LogP contribution in [0.1, 0.15) is 25.7 Å². The summed E-state index contributed by atoms with van der Waals surface area (Å²) in [4.78, 5) is 0. The van der Waals surface area contributed by atoms with E-state index in [0.29, 0.717) is 0 Å². The summed E-state index contributed by atoms with van der Waals surface area (Å²) in [5, 5.41) is 0. The molecule has 0 aromatic rings. The van der Waals surface area contributed by atoms with E-state index in [2.05, 4.69) is 0 Å².